The SMILES string of the molecule is O=C(/C=C/c1cccc(C(F)(F)F)c1)/C=C/c1cccc(C(F)(F)F)c1. The van der Waals surface area contributed by atoms with Crippen LogP contribution in [0.15, 0.2) is 60.7 Å². The Morgan fingerprint density at radius 2 is 1.08 bits per heavy atom. The molecule has 0 saturated heterocycles. The predicted molar refractivity (Wildman–Crippen MR) is 86.0 cm³/mol. The van der Waals surface area contributed by atoms with Crippen LogP contribution >= 0.6 is 0 Å². The molecular formula is C19H12F6O. The van der Waals surface area contributed by atoms with Crippen LogP contribution in [0.4, 0.5) is 26.3 Å². The van der Waals surface area contributed by atoms with Crippen LogP contribution in [0.1, 0.15) is 22.3 Å². The largest absolute Gasteiger partial charge is 0.416 e. The van der Waals surface area contributed by atoms with E-state index in [0.717, 1.165) is 36.4 Å². The van der Waals surface area contributed by atoms with E-state index in [2.05, 4.69) is 0 Å². The third-order valence-electron chi connectivity index (χ3n) is 3.31. The van der Waals surface area contributed by atoms with Crippen molar-refractivity contribution in [2.24, 2.45) is 0 Å². The number of carbonyl (C=O) groups excluding carboxylic acids is 1. The molecule has 0 bridgehead atoms. The number of benzene rings is 2. The van der Waals surface area contributed by atoms with Crippen LogP contribution in [0.25, 0.3) is 12.2 Å². The molecule has 0 N–H and O–H groups in total. The van der Waals surface area contributed by atoms with E-state index in [4.69, 9.17) is 0 Å². The molecule has 0 heterocycles. The van der Waals surface area contributed by atoms with Gasteiger partial charge in [0.05, 0.1) is 11.1 Å². The van der Waals surface area contributed by atoms with Crippen molar-refractivity contribution < 1.29 is 31.1 Å². The zero-order valence-electron chi connectivity index (χ0n) is 13.1. The molecule has 26 heavy (non-hydrogen) atoms. The summed E-state index contributed by atoms with van der Waals surface area (Å²) in [5.41, 5.74) is -1.32. The standard InChI is InChI=1S/C19H12F6O/c20-18(21,22)15-5-1-3-13(11-15)7-9-17(26)10-8-14-4-2-6-16(12-14)19(23,24)25/h1-12H/b9-7+,10-8+. The van der Waals surface area contributed by atoms with E-state index in [0.29, 0.717) is 0 Å². The highest BCUT2D eigenvalue weighted by atomic mass is 19.4. The van der Waals surface area contributed by atoms with Gasteiger partial charge in [-0.05, 0) is 47.5 Å². The molecule has 0 aliphatic heterocycles. The highest BCUT2D eigenvalue weighted by Gasteiger charge is 2.30. The summed E-state index contributed by atoms with van der Waals surface area (Å²) >= 11 is 0. The van der Waals surface area contributed by atoms with Gasteiger partial charge < -0.3 is 0 Å². The highest BCUT2D eigenvalue weighted by Crippen LogP contribution is 2.30. The maximum atomic E-state index is 12.6. The first-order chi connectivity index (χ1) is 12.1. The van der Waals surface area contributed by atoms with Gasteiger partial charge >= 0.3 is 12.4 Å². The Labute approximate surface area is 145 Å². The van der Waals surface area contributed by atoms with Crippen molar-refractivity contribution in [3.63, 3.8) is 0 Å². The number of carbonyl (C=O) groups is 1. The zero-order chi connectivity index (χ0) is 19.4. The summed E-state index contributed by atoms with van der Waals surface area (Å²) in [6.07, 6.45) is -4.49. The fourth-order valence-corrected chi connectivity index (χ4v) is 2.05. The summed E-state index contributed by atoms with van der Waals surface area (Å²) in [7, 11) is 0. The number of hydrogen-bond acceptors (Lipinski definition) is 1. The first-order valence-electron chi connectivity index (χ1n) is 7.30. The number of rotatable bonds is 4. The minimum atomic E-state index is -4.49. The second kappa shape index (κ2) is 7.59. The summed E-state index contributed by atoms with van der Waals surface area (Å²) < 4.78 is 75.7. The molecule has 0 fully saturated rings. The number of halogens is 6. The lowest BCUT2D eigenvalue weighted by atomic mass is 10.1. The summed E-state index contributed by atoms with van der Waals surface area (Å²) in [5.74, 6) is -0.570. The molecule has 136 valence electrons. The van der Waals surface area contributed by atoms with Crippen molar-refractivity contribution >= 4 is 17.9 Å². The average Bonchev–Trinajstić information content (AvgIpc) is 2.57. The van der Waals surface area contributed by atoms with E-state index >= 15 is 0 Å². The monoisotopic (exact) mass is 370 g/mol. The Balaban J connectivity index is 2.09. The van der Waals surface area contributed by atoms with Gasteiger partial charge in [0.15, 0.2) is 5.78 Å². The number of allylic oxidation sites excluding steroid dienone is 2. The van der Waals surface area contributed by atoms with E-state index in [1.807, 2.05) is 0 Å². The van der Waals surface area contributed by atoms with E-state index in [9.17, 15) is 31.1 Å². The zero-order valence-corrected chi connectivity index (χ0v) is 13.1. The number of ketones is 1. The van der Waals surface area contributed by atoms with Crippen molar-refractivity contribution in [3.8, 4) is 0 Å². The minimum absolute atomic E-state index is 0.181. The summed E-state index contributed by atoms with van der Waals surface area (Å²) in [5, 5.41) is 0. The molecule has 0 aromatic heterocycles. The van der Waals surface area contributed by atoms with Crippen LogP contribution in [0.5, 0.6) is 0 Å². The third-order valence-corrected chi connectivity index (χ3v) is 3.31. The molecule has 0 aliphatic carbocycles. The first kappa shape index (κ1) is 19.5. The van der Waals surface area contributed by atoms with E-state index in [1.54, 1.807) is 0 Å². The van der Waals surface area contributed by atoms with E-state index < -0.39 is 29.3 Å². The summed E-state index contributed by atoms with van der Waals surface area (Å²) in [4.78, 5) is 11.7. The van der Waals surface area contributed by atoms with Gasteiger partial charge in [-0.25, -0.2) is 0 Å². The Bertz CT molecular complexity index is 774. The van der Waals surface area contributed by atoms with Crippen LogP contribution in [0, 0.1) is 0 Å². The van der Waals surface area contributed by atoms with Crippen molar-refractivity contribution in [3.05, 3.63) is 82.9 Å². The van der Waals surface area contributed by atoms with Gasteiger partial charge in [0.25, 0.3) is 0 Å². The Hall–Kier alpha value is -2.83. The first-order valence-corrected chi connectivity index (χ1v) is 7.30. The lowest BCUT2D eigenvalue weighted by molar-refractivity contribution is -0.138. The van der Waals surface area contributed by atoms with Gasteiger partial charge in [-0.2, -0.15) is 26.3 Å². The van der Waals surface area contributed by atoms with Crippen LogP contribution < -0.4 is 0 Å². The smallest absolute Gasteiger partial charge is 0.290 e. The molecule has 7 heteroatoms. The molecule has 0 spiro atoms. The number of alkyl halides is 6. The van der Waals surface area contributed by atoms with Crippen LogP contribution in [-0.2, 0) is 17.1 Å². The molecule has 1 nitrogen and oxygen atoms in total. The normalized spacial score (nSPS) is 12.8. The second-order valence-corrected chi connectivity index (χ2v) is 5.32. The van der Waals surface area contributed by atoms with Gasteiger partial charge in [-0.15, -0.1) is 0 Å². The van der Waals surface area contributed by atoms with Crippen molar-refractivity contribution in [2.45, 2.75) is 12.4 Å². The van der Waals surface area contributed by atoms with Gasteiger partial charge in [0, 0.05) is 0 Å². The summed E-state index contributed by atoms with van der Waals surface area (Å²) in [6, 6.07) is 8.82. The fraction of sp³-hybridized carbons (Fsp3) is 0.105. The minimum Gasteiger partial charge on any atom is -0.290 e. The molecule has 2 aromatic carbocycles. The molecule has 0 saturated carbocycles. The predicted octanol–water partition coefficient (Wildman–Crippen LogP) is 6.02. The molecule has 0 aliphatic rings. The van der Waals surface area contributed by atoms with Gasteiger partial charge in [-0.1, -0.05) is 36.4 Å². The van der Waals surface area contributed by atoms with E-state index in [1.165, 1.54) is 36.4 Å². The van der Waals surface area contributed by atoms with Crippen molar-refractivity contribution in [1.82, 2.24) is 0 Å². The van der Waals surface area contributed by atoms with Gasteiger partial charge in [0.1, 0.15) is 0 Å². The lowest BCUT2D eigenvalue weighted by Crippen LogP contribution is -2.04. The topological polar surface area (TPSA) is 17.1 Å². The maximum absolute atomic E-state index is 12.6. The van der Waals surface area contributed by atoms with E-state index in [-0.39, 0.29) is 11.1 Å². The second-order valence-electron chi connectivity index (χ2n) is 5.32. The quantitative estimate of drug-likeness (QED) is 0.475. The van der Waals surface area contributed by atoms with Crippen LogP contribution in [-0.4, -0.2) is 5.78 Å². The fourth-order valence-electron chi connectivity index (χ4n) is 2.05. The van der Waals surface area contributed by atoms with Crippen molar-refractivity contribution in [1.29, 1.82) is 0 Å². The Morgan fingerprint density at radius 3 is 1.42 bits per heavy atom. The maximum Gasteiger partial charge on any atom is 0.416 e. The molecule has 0 radical (unpaired) electrons. The van der Waals surface area contributed by atoms with Gasteiger partial charge in [-0.3, -0.25) is 4.79 Å². The Morgan fingerprint density at radius 1 is 0.692 bits per heavy atom. The molecule has 0 amide bonds. The molecule has 0 atom stereocenters. The number of hydrogen-bond donors (Lipinski definition) is 0. The molecule has 2 aromatic rings. The van der Waals surface area contributed by atoms with Gasteiger partial charge in [0.2, 0.25) is 0 Å². The van der Waals surface area contributed by atoms with Crippen molar-refractivity contribution in [2.75, 3.05) is 0 Å². The molecular weight excluding hydrogens is 358 g/mol. The summed E-state index contributed by atoms with van der Waals surface area (Å²) in [6.45, 7) is 0. The molecule has 0 unspecified atom stereocenters. The highest BCUT2D eigenvalue weighted by molar-refractivity contribution is 6.04. The average molecular weight is 370 g/mol. The van der Waals surface area contributed by atoms with Crippen LogP contribution in [0.3, 0.4) is 0 Å². The Kier molecular flexibility index (Phi) is 5.69. The molecule has 2 rings (SSSR count). The van der Waals surface area contributed by atoms with Crippen LogP contribution in [0.2, 0.25) is 0 Å². The third kappa shape index (κ3) is 5.61. The lowest BCUT2D eigenvalue weighted by Gasteiger charge is -2.06.